The smallest absolute Gasteiger partial charge is 0.413 e. The third-order valence-electron chi connectivity index (χ3n) is 4.23. The van der Waals surface area contributed by atoms with Crippen LogP contribution in [0.3, 0.4) is 0 Å². The lowest BCUT2D eigenvalue weighted by atomic mass is 9.83. The summed E-state index contributed by atoms with van der Waals surface area (Å²) in [4.78, 5) is 23.6. The molecule has 1 atom stereocenters. The summed E-state index contributed by atoms with van der Waals surface area (Å²) in [6.45, 7) is 1.41. The van der Waals surface area contributed by atoms with Crippen molar-refractivity contribution in [1.29, 1.82) is 0 Å². The van der Waals surface area contributed by atoms with Gasteiger partial charge in [0.25, 0.3) is 0 Å². The predicted octanol–water partition coefficient (Wildman–Crippen LogP) is 5.01. The van der Waals surface area contributed by atoms with Crippen molar-refractivity contribution >= 4 is 35.0 Å². The molecule has 0 radical (unpaired) electrons. The topological polar surface area (TPSA) is 86.6 Å². The molecular formula is C18H14Cl2F3NO4. The summed E-state index contributed by atoms with van der Waals surface area (Å²) in [6.07, 6.45) is -6.31. The van der Waals surface area contributed by atoms with E-state index in [4.69, 9.17) is 28.3 Å². The van der Waals surface area contributed by atoms with Crippen molar-refractivity contribution in [3.05, 3.63) is 68.7 Å². The third-order valence-corrected chi connectivity index (χ3v) is 4.67. The minimum absolute atomic E-state index is 0.0828. The highest BCUT2D eigenvalue weighted by molar-refractivity contribution is 6.34. The first-order valence-electron chi connectivity index (χ1n) is 7.73. The van der Waals surface area contributed by atoms with E-state index in [2.05, 4.69) is 0 Å². The van der Waals surface area contributed by atoms with Crippen LogP contribution in [0.4, 0.5) is 13.2 Å². The number of aryl methyl sites for hydroxylation is 1. The second kappa shape index (κ2) is 8.08. The first-order chi connectivity index (χ1) is 12.9. The summed E-state index contributed by atoms with van der Waals surface area (Å²) < 4.78 is 41.7. The number of hydrogen-bond acceptors (Lipinski definition) is 4. The average Bonchev–Trinajstić information content (AvgIpc) is 2.56. The molecule has 0 saturated heterocycles. The normalized spacial score (nSPS) is 13.8. The number of hydrogen-bond donors (Lipinski definition) is 3. The van der Waals surface area contributed by atoms with Gasteiger partial charge in [0.2, 0.25) is 0 Å². The summed E-state index contributed by atoms with van der Waals surface area (Å²) in [5.41, 5.74) is -2.52. The van der Waals surface area contributed by atoms with Gasteiger partial charge in [-0.05, 0) is 48.4 Å². The molecule has 0 fully saturated rings. The summed E-state index contributed by atoms with van der Waals surface area (Å²) in [5, 5.41) is 18.2. The molecule has 2 aromatic carbocycles. The van der Waals surface area contributed by atoms with E-state index in [1.54, 1.807) is 0 Å². The van der Waals surface area contributed by atoms with Gasteiger partial charge in [-0.1, -0.05) is 29.3 Å². The molecule has 10 heteroatoms. The van der Waals surface area contributed by atoms with Crippen molar-refractivity contribution in [3.8, 4) is 0 Å². The van der Waals surface area contributed by atoms with E-state index >= 15 is 0 Å². The van der Waals surface area contributed by atoms with Gasteiger partial charge < -0.3 is 10.3 Å². The Hall–Kier alpha value is -2.13. The first kappa shape index (κ1) is 22.2. The van der Waals surface area contributed by atoms with Crippen molar-refractivity contribution in [1.82, 2.24) is 5.48 Å². The Morgan fingerprint density at radius 2 is 1.64 bits per heavy atom. The van der Waals surface area contributed by atoms with Gasteiger partial charge in [0, 0.05) is 22.0 Å². The average molecular weight is 436 g/mol. The van der Waals surface area contributed by atoms with Crippen molar-refractivity contribution in [2.24, 2.45) is 0 Å². The number of nitrogens with one attached hydrogen (secondary N) is 1. The second-order valence-electron chi connectivity index (χ2n) is 6.11. The molecule has 3 N–H and O–H groups in total. The van der Waals surface area contributed by atoms with Crippen molar-refractivity contribution in [2.45, 2.75) is 25.1 Å². The van der Waals surface area contributed by atoms with Gasteiger partial charge in [0.1, 0.15) is 0 Å². The van der Waals surface area contributed by atoms with E-state index in [-0.39, 0.29) is 26.7 Å². The number of carbonyl (C=O) groups is 2. The summed E-state index contributed by atoms with van der Waals surface area (Å²) >= 11 is 11.6. The van der Waals surface area contributed by atoms with Crippen molar-refractivity contribution in [3.63, 3.8) is 0 Å². The fraction of sp³-hybridized carbons (Fsp3) is 0.222. The maximum atomic E-state index is 13.9. The molecule has 28 heavy (non-hydrogen) atoms. The van der Waals surface area contributed by atoms with Crippen LogP contribution in [-0.4, -0.2) is 28.2 Å². The van der Waals surface area contributed by atoms with Crippen LogP contribution in [0.25, 0.3) is 0 Å². The minimum Gasteiger partial charge on any atom is -0.478 e. The zero-order chi connectivity index (χ0) is 21.3. The van der Waals surface area contributed by atoms with Crippen LogP contribution in [0, 0.1) is 6.92 Å². The monoisotopic (exact) mass is 435 g/mol. The highest BCUT2D eigenvalue weighted by atomic mass is 35.5. The van der Waals surface area contributed by atoms with Crippen molar-refractivity contribution in [2.75, 3.05) is 0 Å². The lowest BCUT2D eigenvalue weighted by Gasteiger charge is -2.34. The Bertz CT molecular complexity index is 913. The second-order valence-corrected chi connectivity index (χ2v) is 6.98. The molecule has 1 unspecified atom stereocenters. The fourth-order valence-electron chi connectivity index (χ4n) is 2.75. The quantitative estimate of drug-likeness (QED) is 0.438. The van der Waals surface area contributed by atoms with Crippen LogP contribution in [0.1, 0.15) is 38.3 Å². The molecule has 0 saturated carbocycles. The number of benzene rings is 2. The number of hydroxylamine groups is 1. The van der Waals surface area contributed by atoms with Crippen molar-refractivity contribution < 1.29 is 33.1 Å². The number of Topliss-reactive ketones (excluding diaryl/α,β-unsaturated/α-hetero) is 1. The number of carboxylic acids is 1. The predicted molar refractivity (Wildman–Crippen MR) is 96.2 cm³/mol. The number of aromatic carboxylic acids is 1. The number of alkyl halides is 3. The molecule has 5 nitrogen and oxygen atoms in total. The van der Waals surface area contributed by atoms with Crippen LogP contribution >= 0.6 is 23.2 Å². The highest BCUT2D eigenvalue weighted by Gasteiger charge is 2.57. The van der Waals surface area contributed by atoms with E-state index in [1.807, 2.05) is 0 Å². The Balaban J connectivity index is 2.53. The number of carbonyl (C=O) groups excluding carboxylic acids is 1. The van der Waals surface area contributed by atoms with Crippen LogP contribution < -0.4 is 5.48 Å². The largest absolute Gasteiger partial charge is 0.478 e. The number of halogens is 5. The van der Waals surface area contributed by atoms with Crippen LogP contribution in [0.15, 0.2) is 36.4 Å². The first-order valence-corrected chi connectivity index (χ1v) is 8.48. The Labute approximate surface area is 167 Å². The lowest BCUT2D eigenvalue weighted by Crippen LogP contribution is -2.54. The van der Waals surface area contributed by atoms with Crippen LogP contribution in [0.2, 0.25) is 10.0 Å². The van der Waals surface area contributed by atoms with E-state index in [0.29, 0.717) is 0 Å². The molecule has 0 aliphatic rings. The zero-order valence-corrected chi connectivity index (χ0v) is 15.8. The minimum atomic E-state index is -5.10. The van der Waals surface area contributed by atoms with E-state index in [0.717, 1.165) is 24.3 Å². The Morgan fingerprint density at radius 3 is 2.07 bits per heavy atom. The van der Waals surface area contributed by atoms with Gasteiger partial charge in [0.05, 0.1) is 5.56 Å². The molecule has 150 valence electrons. The molecule has 2 rings (SSSR count). The van der Waals surface area contributed by atoms with Gasteiger partial charge in [-0.25, -0.2) is 4.79 Å². The number of rotatable bonds is 6. The van der Waals surface area contributed by atoms with Gasteiger partial charge in [0.15, 0.2) is 11.3 Å². The maximum Gasteiger partial charge on any atom is 0.413 e. The molecule has 0 aromatic heterocycles. The van der Waals surface area contributed by atoms with Gasteiger partial charge >= 0.3 is 12.1 Å². The zero-order valence-electron chi connectivity index (χ0n) is 14.3. The number of ketones is 1. The SMILES string of the molecule is Cc1cc(C(=O)CC(NO)(c2cc(Cl)cc(Cl)c2)C(F)(F)F)ccc1C(=O)O. The molecule has 0 heterocycles. The van der Waals surface area contributed by atoms with Gasteiger partial charge in [-0.2, -0.15) is 18.7 Å². The van der Waals surface area contributed by atoms with Gasteiger partial charge in [-0.15, -0.1) is 0 Å². The summed E-state index contributed by atoms with van der Waals surface area (Å²) in [7, 11) is 0. The molecule has 0 aliphatic heterocycles. The maximum absolute atomic E-state index is 13.9. The Morgan fingerprint density at radius 1 is 1.07 bits per heavy atom. The third kappa shape index (κ3) is 4.30. The summed E-state index contributed by atoms with van der Waals surface area (Å²) in [5.74, 6) is -2.21. The summed E-state index contributed by atoms with van der Waals surface area (Å²) in [6, 6.07) is 6.51. The molecule has 0 spiro atoms. The van der Waals surface area contributed by atoms with Crippen LogP contribution in [-0.2, 0) is 5.54 Å². The molecule has 0 amide bonds. The molecule has 0 aliphatic carbocycles. The number of carboxylic acid groups (broad SMARTS) is 1. The molecule has 2 aromatic rings. The van der Waals surface area contributed by atoms with E-state index in [9.17, 15) is 28.0 Å². The lowest BCUT2D eigenvalue weighted by molar-refractivity contribution is -0.225. The molecule has 0 bridgehead atoms. The Kier molecular flexibility index (Phi) is 6.40. The highest BCUT2D eigenvalue weighted by Crippen LogP contribution is 2.43. The van der Waals surface area contributed by atoms with E-state index < -0.39 is 35.5 Å². The standard InChI is InChI=1S/C18H14Cl2F3NO4/c1-9-4-10(2-3-14(9)16(26)27)15(25)8-17(24-28,18(21,22)23)11-5-12(19)7-13(20)6-11/h2-7,24,28H,8H2,1H3,(H,26,27). The van der Waals surface area contributed by atoms with E-state index in [1.165, 1.54) is 24.5 Å². The van der Waals surface area contributed by atoms with Crippen LogP contribution in [0.5, 0.6) is 0 Å². The van der Waals surface area contributed by atoms with Gasteiger partial charge in [-0.3, -0.25) is 4.79 Å². The fourth-order valence-corrected chi connectivity index (χ4v) is 3.28. The molecular weight excluding hydrogens is 422 g/mol.